The molecule has 1 aromatic heterocycles. The van der Waals surface area contributed by atoms with Crippen LogP contribution in [0, 0.1) is 5.92 Å². The third-order valence-electron chi connectivity index (χ3n) is 3.30. The van der Waals surface area contributed by atoms with Gasteiger partial charge in [-0.25, -0.2) is 9.97 Å². The molecule has 2 rings (SSSR count). The molecule has 3 heteroatoms. The van der Waals surface area contributed by atoms with Crippen molar-refractivity contribution in [2.75, 3.05) is 6.54 Å². The summed E-state index contributed by atoms with van der Waals surface area (Å²) in [6, 6.07) is 1.93. The van der Waals surface area contributed by atoms with Crippen LogP contribution in [-0.4, -0.2) is 16.5 Å². The van der Waals surface area contributed by atoms with Crippen LogP contribution in [0.15, 0.2) is 24.2 Å². The molecule has 1 saturated carbocycles. The van der Waals surface area contributed by atoms with Gasteiger partial charge < -0.3 is 5.73 Å². The van der Waals surface area contributed by atoms with E-state index in [0.29, 0.717) is 12.5 Å². The van der Waals surface area contributed by atoms with Gasteiger partial charge in [0.25, 0.3) is 0 Å². The van der Waals surface area contributed by atoms with Gasteiger partial charge in [-0.1, -0.05) is 24.8 Å². The van der Waals surface area contributed by atoms with Crippen LogP contribution >= 0.6 is 0 Å². The van der Waals surface area contributed by atoms with Crippen LogP contribution in [0.4, 0.5) is 0 Å². The average molecular weight is 217 g/mol. The van der Waals surface area contributed by atoms with Gasteiger partial charge in [0.15, 0.2) is 0 Å². The van der Waals surface area contributed by atoms with Crippen LogP contribution in [0.5, 0.6) is 0 Å². The largest absolute Gasteiger partial charge is 0.327 e. The lowest BCUT2D eigenvalue weighted by molar-refractivity contribution is 0.401. The molecule has 3 nitrogen and oxygen atoms in total. The highest BCUT2D eigenvalue weighted by Gasteiger charge is 2.16. The van der Waals surface area contributed by atoms with Crippen molar-refractivity contribution in [2.45, 2.75) is 32.1 Å². The summed E-state index contributed by atoms with van der Waals surface area (Å²) in [6.45, 7) is 0.647. The van der Waals surface area contributed by atoms with Gasteiger partial charge in [0, 0.05) is 12.7 Å². The second kappa shape index (κ2) is 5.75. The summed E-state index contributed by atoms with van der Waals surface area (Å²) < 4.78 is 0. The standard InChI is InChI=1S/C13H19N3/c14-9-12(11-4-2-1-3-5-11)8-13-6-7-15-10-16-13/h6-8,10-11H,1-5,9,14H2. The Balaban J connectivity index is 2.12. The van der Waals surface area contributed by atoms with E-state index < -0.39 is 0 Å². The minimum Gasteiger partial charge on any atom is -0.327 e. The Labute approximate surface area is 96.8 Å². The lowest BCUT2D eigenvalue weighted by Crippen LogP contribution is -2.16. The third kappa shape index (κ3) is 2.89. The summed E-state index contributed by atoms with van der Waals surface area (Å²) in [5.41, 5.74) is 8.16. The fourth-order valence-corrected chi connectivity index (χ4v) is 2.39. The zero-order chi connectivity index (χ0) is 11.2. The molecule has 86 valence electrons. The Morgan fingerprint density at radius 1 is 1.38 bits per heavy atom. The maximum Gasteiger partial charge on any atom is 0.115 e. The van der Waals surface area contributed by atoms with Crippen molar-refractivity contribution in [1.29, 1.82) is 0 Å². The van der Waals surface area contributed by atoms with E-state index in [1.807, 2.05) is 6.07 Å². The highest BCUT2D eigenvalue weighted by atomic mass is 14.8. The van der Waals surface area contributed by atoms with Crippen LogP contribution < -0.4 is 5.73 Å². The van der Waals surface area contributed by atoms with Gasteiger partial charge in [0.2, 0.25) is 0 Å². The second-order valence-electron chi connectivity index (χ2n) is 4.39. The van der Waals surface area contributed by atoms with E-state index in [4.69, 9.17) is 5.73 Å². The first kappa shape index (κ1) is 11.3. The van der Waals surface area contributed by atoms with Crippen LogP contribution in [0.2, 0.25) is 0 Å². The van der Waals surface area contributed by atoms with Gasteiger partial charge in [-0.15, -0.1) is 0 Å². The lowest BCUT2D eigenvalue weighted by atomic mass is 9.83. The summed E-state index contributed by atoms with van der Waals surface area (Å²) in [4.78, 5) is 8.14. The molecular formula is C13H19N3. The van der Waals surface area contributed by atoms with Crippen molar-refractivity contribution < 1.29 is 0 Å². The van der Waals surface area contributed by atoms with Crippen LogP contribution in [-0.2, 0) is 0 Å². The molecule has 1 heterocycles. The molecule has 0 spiro atoms. The number of rotatable bonds is 3. The number of hydrogen-bond donors (Lipinski definition) is 1. The van der Waals surface area contributed by atoms with Crippen molar-refractivity contribution >= 4 is 6.08 Å². The van der Waals surface area contributed by atoms with E-state index in [9.17, 15) is 0 Å². The minimum absolute atomic E-state index is 0.647. The molecule has 0 atom stereocenters. The molecule has 0 bridgehead atoms. The number of nitrogens with zero attached hydrogens (tertiary/aromatic N) is 2. The Morgan fingerprint density at radius 2 is 2.19 bits per heavy atom. The quantitative estimate of drug-likeness (QED) is 0.845. The molecule has 1 aliphatic carbocycles. The Hall–Kier alpha value is -1.22. The molecule has 0 amide bonds. The predicted molar refractivity (Wildman–Crippen MR) is 65.6 cm³/mol. The molecule has 16 heavy (non-hydrogen) atoms. The maximum absolute atomic E-state index is 5.84. The van der Waals surface area contributed by atoms with E-state index in [1.165, 1.54) is 37.7 Å². The van der Waals surface area contributed by atoms with Gasteiger partial charge in [-0.3, -0.25) is 0 Å². The molecule has 0 radical (unpaired) electrons. The van der Waals surface area contributed by atoms with Gasteiger partial charge in [0.05, 0.1) is 5.69 Å². The lowest BCUT2D eigenvalue weighted by Gasteiger charge is -2.23. The van der Waals surface area contributed by atoms with E-state index in [1.54, 1.807) is 12.5 Å². The minimum atomic E-state index is 0.647. The number of aromatic nitrogens is 2. The van der Waals surface area contributed by atoms with Gasteiger partial charge in [-0.05, 0) is 30.9 Å². The molecule has 1 fully saturated rings. The molecule has 2 N–H and O–H groups in total. The van der Waals surface area contributed by atoms with Gasteiger partial charge in [-0.2, -0.15) is 0 Å². The van der Waals surface area contributed by atoms with E-state index in [-0.39, 0.29) is 0 Å². The highest BCUT2D eigenvalue weighted by Crippen LogP contribution is 2.29. The van der Waals surface area contributed by atoms with Crippen molar-refractivity contribution in [3.05, 3.63) is 29.9 Å². The molecule has 1 aromatic rings. The molecule has 0 saturated heterocycles. The number of nitrogens with two attached hydrogens (primary N) is 1. The van der Waals surface area contributed by atoms with Crippen molar-refractivity contribution in [3.63, 3.8) is 0 Å². The van der Waals surface area contributed by atoms with Crippen LogP contribution in [0.3, 0.4) is 0 Å². The fourth-order valence-electron chi connectivity index (χ4n) is 2.39. The fraction of sp³-hybridized carbons (Fsp3) is 0.538. The average Bonchev–Trinajstić information content (AvgIpc) is 2.38. The Bertz CT molecular complexity index is 339. The second-order valence-corrected chi connectivity index (χ2v) is 4.39. The Kier molecular flexibility index (Phi) is 4.05. The molecule has 0 aliphatic heterocycles. The summed E-state index contributed by atoms with van der Waals surface area (Å²) in [5, 5.41) is 0. The van der Waals surface area contributed by atoms with Crippen molar-refractivity contribution in [1.82, 2.24) is 9.97 Å². The predicted octanol–water partition coefficient (Wildman–Crippen LogP) is 2.40. The molecule has 1 aliphatic rings. The van der Waals surface area contributed by atoms with Crippen molar-refractivity contribution in [2.24, 2.45) is 11.7 Å². The Morgan fingerprint density at radius 3 is 2.81 bits per heavy atom. The maximum atomic E-state index is 5.84. The zero-order valence-electron chi connectivity index (χ0n) is 9.60. The van der Waals surface area contributed by atoms with Gasteiger partial charge >= 0.3 is 0 Å². The summed E-state index contributed by atoms with van der Waals surface area (Å²) in [7, 11) is 0. The van der Waals surface area contributed by atoms with E-state index in [0.717, 1.165) is 5.69 Å². The van der Waals surface area contributed by atoms with E-state index in [2.05, 4.69) is 16.0 Å². The van der Waals surface area contributed by atoms with E-state index >= 15 is 0 Å². The van der Waals surface area contributed by atoms with Crippen LogP contribution in [0.1, 0.15) is 37.8 Å². The first-order valence-corrected chi connectivity index (χ1v) is 6.06. The summed E-state index contributed by atoms with van der Waals surface area (Å²) >= 11 is 0. The van der Waals surface area contributed by atoms with Crippen molar-refractivity contribution in [3.8, 4) is 0 Å². The normalized spacial score (nSPS) is 18.7. The first-order chi connectivity index (χ1) is 7.90. The highest BCUT2D eigenvalue weighted by molar-refractivity contribution is 5.49. The molecular weight excluding hydrogens is 198 g/mol. The molecule has 0 aromatic carbocycles. The summed E-state index contributed by atoms with van der Waals surface area (Å²) in [6.07, 6.45) is 12.1. The monoisotopic (exact) mass is 217 g/mol. The number of hydrogen-bond acceptors (Lipinski definition) is 3. The molecule has 0 unspecified atom stereocenters. The third-order valence-corrected chi connectivity index (χ3v) is 3.30. The zero-order valence-corrected chi connectivity index (χ0v) is 9.60. The van der Waals surface area contributed by atoms with Gasteiger partial charge in [0.1, 0.15) is 6.33 Å². The smallest absolute Gasteiger partial charge is 0.115 e. The first-order valence-electron chi connectivity index (χ1n) is 6.06. The summed E-state index contributed by atoms with van der Waals surface area (Å²) in [5.74, 6) is 0.675. The van der Waals surface area contributed by atoms with Crippen LogP contribution in [0.25, 0.3) is 6.08 Å². The SMILES string of the molecule is NCC(=Cc1ccncn1)C1CCCCC1. The topological polar surface area (TPSA) is 51.8 Å².